The quantitative estimate of drug-likeness (QED) is 0.599. The van der Waals surface area contributed by atoms with Crippen LogP contribution in [0.2, 0.25) is 0 Å². The third-order valence-corrected chi connectivity index (χ3v) is 5.07. The fourth-order valence-corrected chi connectivity index (χ4v) is 4.86. The molecule has 2 rings (SSSR count). The van der Waals surface area contributed by atoms with Crippen LogP contribution in [0.5, 0.6) is 0 Å². The predicted octanol–water partition coefficient (Wildman–Crippen LogP) is 2.94. The number of amides is 1. The lowest BCUT2D eigenvalue weighted by molar-refractivity contribution is -0.132. The molecule has 0 aromatic rings. The van der Waals surface area contributed by atoms with Gasteiger partial charge in [-0.25, -0.2) is 10.0 Å². The molecule has 8 heteroatoms. The molecule has 2 fully saturated rings. The molecule has 25 heavy (non-hydrogen) atoms. The number of isothiocyanates is 1. The fraction of sp³-hybridized carbons (Fsp3) is 0.765. The van der Waals surface area contributed by atoms with Crippen LogP contribution >= 0.6 is 24.4 Å². The first-order chi connectivity index (χ1) is 11.3. The van der Waals surface area contributed by atoms with Crippen molar-refractivity contribution in [2.75, 3.05) is 0 Å². The predicted molar refractivity (Wildman–Crippen MR) is 108 cm³/mol. The number of carbonyl (C=O) groups excluding carboxylic acids is 1. The standard InChI is InChI=1S/C17H27N5OS2/c1-11(8-15(3,4)18-10-24)20-22-13(23)12(2)21-14(25)19-16(5,6)9-17(21,22)7/h12H,8-9H2,1-7H3,(H,19,25)/b20-11+/t12-,17+/m1/s1. The van der Waals surface area contributed by atoms with Gasteiger partial charge in [0.2, 0.25) is 0 Å². The third-order valence-electron chi connectivity index (χ3n) is 4.68. The SMILES string of the molecule is C/C(CC(C)(C)N=C=S)=N\N1C(=O)[C@@H](C)N2C(=S)NC(C)(C)C[C@]12C. The molecule has 0 aromatic carbocycles. The average molecular weight is 382 g/mol. The van der Waals surface area contributed by atoms with Crippen molar-refractivity contribution >= 4 is 46.3 Å². The van der Waals surface area contributed by atoms with Crippen LogP contribution in [0.25, 0.3) is 0 Å². The lowest BCUT2D eigenvalue weighted by Gasteiger charge is -2.50. The molecule has 138 valence electrons. The van der Waals surface area contributed by atoms with Crippen molar-refractivity contribution in [1.29, 1.82) is 0 Å². The Bertz CT molecular complexity index is 681. The Hall–Kier alpha value is -1.37. The van der Waals surface area contributed by atoms with Gasteiger partial charge in [0, 0.05) is 24.1 Å². The van der Waals surface area contributed by atoms with Crippen molar-refractivity contribution in [3.05, 3.63) is 0 Å². The minimum Gasteiger partial charge on any atom is -0.357 e. The first-order valence-corrected chi connectivity index (χ1v) is 9.23. The molecular formula is C17H27N5OS2. The number of hydrazone groups is 1. The van der Waals surface area contributed by atoms with Gasteiger partial charge >= 0.3 is 0 Å². The Morgan fingerprint density at radius 3 is 2.60 bits per heavy atom. The molecule has 0 bridgehead atoms. The summed E-state index contributed by atoms with van der Waals surface area (Å²) in [6.07, 6.45) is 1.31. The summed E-state index contributed by atoms with van der Waals surface area (Å²) in [7, 11) is 0. The van der Waals surface area contributed by atoms with E-state index in [1.807, 2.05) is 39.5 Å². The molecule has 2 aliphatic rings. The van der Waals surface area contributed by atoms with Gasteiger partial charge in [-0.3, -0.25) is 4.79 Å². The molecule has 2 saturated heterocycles. The van der Waals surface area contributed by atoms with Gasteiger partial charge in [-0.1, -0.05) is 0 Å². The summed E-state index contributed by atoms with van der Waals surface area (Å²) < 4.78 is 0. The summed E-state index contributed by atoms with van der Waals surface area (Å²) in [5, 5.41) is 12.6. The Morgan fingerprint density at radius 1 is 1.44 bits per heavy atom. The molecule has 1 amide bonds. The number of aliphatic imine (C=N–C) groups is 1. The summed E-state index contributed by atoms with van der Waals surface area (Å²) in [6.45, 7) is 13.9. The zero-order valence-corrected chi connectivity index (χ0v) is 17.6. The van der Waals surface area contributed by atoms with E-state index in [2.05, 4.69) is 34.4 Å². The van der Waals surface area contributed by atoms with Gasteiger partial charge in [-0.15, -0.1) is 0 Å². The smallest absolute Gasteiger partial charge is 0.267 e. The van der Waals surface area contributed by atoms with E-state index in [9.17, 15) is 4.79 Å². The number of carbonyl (C=O) groups is 1. The number of nitrogens with one attached hydrogen (secondary N) is 1. The summed E-state index contributed by atoms with van der Waals surface area (Å²) >= 11 is 10.2. The second kappa shape index (κ2) is 6.41. The molecule has 2 heterocycles. The van der Waals surface area contributed by atoms with Crippen molar-refractivity contribution in [3.63, 3.8) is 0 Å². The molecule has 0 saturated carbocycles. The van der Waals surface area contributed by atoms with Crippen LogP contribution in [-0.2, 0) is 4.79 Å². The van der Waals surface area contributed by atoms with Crippen LogP contribution in [0.3, 0.4) is 0 Å². The lowest BCUT2D eigenvalue weighted by atomic mass is 9.88. The minimum absolute atomic E-state index is 0.0418. The van der Waals surface area contributed by atoms with E-state index in [4.69, 9.17) is 24.4 Å². The van der Waals surface area contributed by atoms with Crippen molar-refractivity contribution in [3.8, 4) is 0 Å². The van der Waals surface area contributed by atoms with Crippen LogP contribution < -0.4 is 5.32 Å². The number of rotatable bonds is 4. The highest BCUT2D eigenvalue weighted by molar-refractivity contribution is 7.80. The van der Waals surface area contributed by atoms with Crippen LogP contribution in [0.1, 0.15) is 61.3 Å². The maximum absolute atomic E-state index is 12.9. The maximum atomic E-state index is 12.9. The highest BCUT2D eigenvalue weighted by atomic mass is 32.1. The Morgan fingerprint density at radius 2 is 2.04 bits per heavy atom. The summed E-state index contributed by atoms with van der Waals surface area (Å²) in [6, 6.07) is -0.343. The van der Waals surface area contributed by atoms with Gasteiger partial charge in [-0.05, 0) is 72.9 Å². The van der Waals surface area contributed by atoms with Crippen LogP contribution in [0, 0.1) is 0 Å². The van der Waals surface area contributed by atoms with E-state index < -0.39 is 11.2 Å². The van der Waals surface area contributed by atoms with E-state index in [-0.39, 0.29) is 17.5 Å². The topological polar surface area (TPSA) is 60.3 Å². The molecule has 0 spiro atoms. The first kappa shape index (κ1) is 19.9. The van der Waals surface area contributed by atoms with E-state index in [1.165, 1.54) is 0 Å². The Balaban J connectivity index is 2.39. The highest BCUT2D eigenvalue weighted by Gasteiger charge is 2.58. The van der Waals surface area contributed by atoms with Gasteiger partial charge in [-0.2, -0.15) is 5.10 Å². The number of thiocarbonyl (C=S) groups is 2. The molecule has 6 nitrogen and oxygen atoms in total. The van der Waals surface area contributed by atoms with Crippen LogP contribution in [0.4, 0.5) is 0 Å². The number of hydrogen-bond donors (Lipinski definition) is 1. The third kappa shape index (κ3) is 3.76. The van der Waals surface area contributed by atoms with Gasteiger partial charge in [0.15, 0.2) is 5.11 Å². The molecule has 2 atom stereocenters. The van der Waals surface area contributed by atoms with E-state index in [0.29, 0.717) is 18.0 Å². The van der Waals surface area contributed by atoms with Crippen molar-refractivity contribution in [2.24, 2.45) is 10.1 Å². The normalized spacial score (nSPS) is 29.2. The Labute approximate surface area is 160 Å². The Kier molecular flexibility index (Phi) is 5.12. The molecule has 0 aromatic heterocycles. The minimum atomic E-state index is -0.582. The van der Waals surface area contributed by atoms with Crippen molar-refractivity contribution in [2.45, 2.75) is 84.1 Å². The summed E-state index contributed by atoms with van der Waals surface area (Å²) in [4.78, 5) is 19.0. The molecule has 2 aliphatic heterocycles. The van der Waals surface area contributed by atoms with E-state index in [0.717, 1.165) is 5.71 Å². The largest absolute Gasteiger partial charge is 0.357 e. The summed E-state index contributed by atoms with van der Waals surface area (Å²) in [5.41, 5.74) is -0.367. The second-order valence-electron chi connectivity index (χ2n) is 8.43. The number of nitrogens with zero attached hydrogens (tertiary/aromatic N) is 4. The zero-order chi connectivity index (χ0) is 19.2. The highest BCUT2D eigenvalue weighted by Crippen LogP contribution is 2.41. The van der Waals surface area contributed by atoms with Crippen LogP contribution in [0.15, 0.2) is 10.1 Å². The lowest BCUT2D eigenvalue weighted by Crippen LogP contribution is -2.67. The maximum Gasteiger partial charge on any atom is 0.267 e. The number of fused-ring (bicyclic) bond motifs is 1. The van der Waals surface area contributed by atoms with E-state index >= 15 is 0 Å². The first-order valence-electron chi connectivity index (χ1n) is 8.42. The van der Waals surface area contributed by atoms with Gasteiger partial charge in [0.25, 0.3) is 5.91 Å². The molecule has 0 unspecified atom stereocenters. The average Bonchev–Trinajstić information content (AvgIpc) is 2.57. The zero-order valence-electron chi connectivity index (χ0n) is 16.0. The van der Waals surface area contributed by atoms with Crippen molar-refractivity contribution < 1.29 is 4.79 Å². The van der Waals surface area contributed by atoms with Gasteiger partial charge in [0.05, 0.1) is 10.7 Å². The second-order valence-corrected chi connectivity index (χ2v) is 9.00. The number of hydrogen-bond acceptors (Lipinski definition) is 5. The van der Waals surface area contributed by atoms with Gasteiger partial charge < -0.3 is 10.2 Å². The van der Waals surface area contributed by atoms with Crippen molar-refractivity contribution in [1.82, 2.24) is 15.2 Å². The molecule has 0 aliphatic carbocycles. The van der Waals surface area contributed by atoms with Crippen LogP contribution in [-0.4, -0.2) is 54.6 Å². The summed E-state index contributed by atoms with van der Waals surface area (Å²) in [5.74, 6) is -0.0418. The molecule has 1 N–H and O–H groups in total. The van der Waals surface area contributed by atoms with E-state index in [1.54, 1.807) is 5.01 Å². The van der Waals surface area contributed by atoms with Gasteiger partial charge in [0.1, 0.15) is 11.7 Å². The molecule has 0 radical (unpaired) electrons. The fourth-order valence-electron chi connectivity index (χ4n) is 3.98. The monoisotopic (exact) mass is 381 g/mol. The molecular weight excluding hydrogens is 354 g/mol.